The topological polar surface area (TPSA) is 98.8 Å². The van der Waals surface area contributed by atoms with Crippen molar-refractivity contribution >= 4 is 22.8 Å². The van der Waals surface area contributed by atoms with Crippen molar-refractivity contribution in [2.45, 2.75) is 57.3 Å². The lowest BCUT2D eigenvalue weighted by Gasteiger charge is -2.42. The van der Waals surface area contributed by atoms with Crippen molar-refractivity contribution in [1.29, 1.82) is 0 Å². The molecule has 2 aromatic rings. The SMILES string of the molecule is CCN(CC(=O)NC1CC(F)(CNc2ncnc3n[nH]c(C)c23)C1)C1CC1. The van der Waals surface area contributed by atoms with E-state index in [4.69, 9.17) is 0 Å². The Hall–Kier alpha value is -2.29. The smallest absolute Gasteiger partial charge is 0.234 e. The molecule has 0 aromatic carbocycles. The Morgan fingerprint density at radius 2 is 2.19 bits per heavy atom. The van der Waals surface area contributed by atoms with Gasteiger partial charge in [0, 0.05) is 30.6 Å². The molecule has 0 saturated heterocycles. The largest absolute Gasteiger partial charge is 0.366 e. The van der Waals surface area contributed by atoms with Crippen LogP contribution in [0.5, 0.6) is 0 Å². The average Bonchev–Trinajstić information content (AvgIpc) is 3.40. The van der Waals surface area contributed by atoms with Gasteiger partial charge in [-0.3, -0.25) is 14.8 Å². The van der Waals surface area contributed by atoms with Crippen molar-refractivity contribution in [1.82, 2.24) is 30.4 Å². The lowest BCUT2D eigenvalue weighted by Crippen LogP contribution is -2.57. The average molecular weight is 375 g/mol. The molecule has 0 aliphatic heterocycles. The molecular formula is C18H26FN7O. The highest BCUT2D eigenvalue weighted by Gasteiger charge is 2.45. The number of carbonyl (C=O) groups is 1. The number of nitrogens with zero attached hydrogens (tertiary/aromatic N) is 4. The first-order valence-corrected chi connectivity index (χ1v) is 9.59. The zero-order valence-corrected chi connectivity index (χ0v) is 15.8. The summed E-state index contributed by atoms with van der Waals surface area (Å²) >= 11 is 0. The zero-order valence-electron chi connectivity index (χ0n) is 15.8. The van der Waals surface area contributed by atoms with E-state index in [2.05, 4.69) is 42.6 Å². The maximum atomic E-state index is 14.9. The molecule has 2 saturated carbocycles. The van der Waals surface area contributed by atoms with Gasteiger partial charge in [0.05, 0.1) is 18.5 Å². The van der Waals surface area contributed by atoms with E-state index in [1.807, 2.05) is 6.92 Å². The van der Waals surface area contributed by atoms with E-state index in [0.29, 0.717) is 36.9 Å². The molecule has 2 heterocycles. The molecule has 1 amide bonds. The first kappa shape index (κ1) is 18.1. The summed E-state index contributed by atoms with van der Waals surface area (Å²) in [7, 11) is 0. The van der Waals surface area contributed by atoms with E-state index >= 15 is 0 Å². The van der Waals surface area contributed by atoms with Gasteiger partial charge in [0.25, 0.3) is 0 Å². The molecule has 9 heteroatoms. The highest BCUT2D eigenvalue weighted by molar-refractivity contribution is 5.88. The summed E-state index contributed by atoms with van der Waals surface area (Å²) in [6.45, 7) is 5.39. The second-order valence-electron chi connectivity index (χ2n) is 7.74. The maximum absolute atomic E-state index is 14.9. The van der Waals surface area contributed by atoms with Crippen LogP contribution in [0.3, 0.4) is 0 Å². The number of alkyl halides is 1. The fourth-order valence-corrected chi connectivity index (χ4v) is 3.84. The van der Waals surface area contributed by atoms with Crippen LogP contribution in [0.2, 0.25) is 0 Å². The molecule has 0 radical (unpaired) electrons. The molecule has 0 bridgehead atoms. The summed E-state index contributed by atoms with van der Waals surface area (Å²) in [6.07, 6.45) is 4.41. The van der Waals surface area contributed by atoms with Crippen molar-refractivity contribution in [2.75, 3.05) is 25.0 Å². The van der Waals surface area contributed by atoms with E-state index in [0.717, 1.165) is 17.6 Å². The number of hydrogen-bond acceptors (Lipinski definition) is 6. The molecular weight excluding hydrogens is 349 g/mol. The third kappa shape index (κ3) is 3.87. The van der Waals surface area contributed by atoms with Crippen LogP contribution in [0.4, 0.5) is 10.2 Å². The second kappa shape index (κ2) is 7.03. The van der Waals surface area contributed by atoms with Crippen LogP contribution in [-0.4, -0.2) is 68.4 Å². The van der Waals surface area contributed by atoms with Gasteiger partial charge in [0.15, 0.2) is 5.65 Å². The number of carbonyl (C=O) groups excluding carboxylic acids is 1. The van der Waals surface area contributed by atoms with Crippen molar-refractivity contribution in [3.05, 3.63) is 12.0 Å². The van der Waals surface area contributed by atoms with E-state index in [-0.39, 0.29) is 18.5 Å². The quantitative estimate of drug-likeness (QED) is 0.647. The molecule has 0 unspecified atom stereocenters. The standard InChI is InChI=1S/C18H26FN7O/c1-3-26(13-4-5-13)8-14(27)23-12-6-18(19,7-12)9-20-16-15-11(2)24-25-17(15)22-10-21-16/h10,12-13H,3-9H2,1-2H3,(H,23,27)(H2,20,21,22,24,25). The fourth-order valence-electron chi connectivity index (χ4n) is 3.84. The number of hydrogen-bond donors (Lipinski definition) is 3. The molecule has 3 N–H and O–H groups in total. The van der Waals surface area contributed by atoms with Gasteiger partial charge in [-0.05, 0) is 26.3 Å². The van der Waals surface area contributed by atoms with E-state index in [9.17, 15) is 9.18 Å². The molecule has 0 spiro atoms. The Bertz CT molecular complexity index is 828. The predicted octanol–water partition coefficient (Wildman–Crippen LogP) is 1.54. The molecule has 2 aromatic heterocycles. The van der Waals surface area contributed by atoms with Crippen molar-refractivity contribution in [3.63, 3.8) is 0 Å². The monoisotopic (exact) mass is 375 g/mol. The first-order valence-electron chi connectivity index (χ1n) is 9.59. The van der Waals surface area contributed by atoms with Crippen LogP contribution < -0.4 is 10.6 Å². The number of nitrogens with one attached hydrogen (secondary N) is 3. The number of likely N-dealkylation sites (N-methyl/N-ethyl adjacent to an activating group) is 1. The molecule has 146 valence electrons. The Balaban J connectivity index is 1.26. The van der Waals surface area contributed by atoms with Gasteiger partial charge in [0.2, 0.25) is 5.91 Å². The summed E-state index contributed by atoms with van der Waals surface area (Å²) in [6, 6.07) is 0.464. The zero-order chi connectivity index (χ0) is 19.0. The number of fused-ring (bicyclic) bond motifs is 1. The van der Waals surface area contributed by atoms with Gasteiger partial charge >= 0.3 is 0 Å². The van der Waals surface area contributed by atoms with Crippen LogP contribution in [0.15, 0.2) is 6.33 Å². The Morgan fingerprint density at radius 1 is 1.41 bits per heavy atom. The lowest BCUT2D eigenvalue weighted by molar-refractivity contribution is -0.124. The summed E-state index contributed by atoms with van der Waals surface area (Å²) in [4.78, 5) is 22.7. The molecule has 2 aliphatic carbocycles. The first-order chi connectivity index (χ1) is 13.0. The van der Waals surface area contributed by atoms with Crippen molar-refractivity contribution < 1.29 is 9.18 Å². The Morgan fingerprint density at radius 3 is 2.89 bits per heavy atom. The molecule has 2 aliphatic rings. The van der Waals surface area contributed by atoms with Gasteiger partial charge in [-0.25, -0.2) is 14.4 Å². The fraction of sp³-hybridized carbons (Fsp3) is 0.667. The van der Waals surface area contributed by atoms with E-state index < -0.39 is 5.67 Å². The molecule has 8 nitrogen and oxygen atoms in total. The third-order valence-electron chi connectivity index (χ3n) is 5.51. The molecule has 0 atom stereocenters. The van der Waals surface area contributed by atoms with E-state index in [1.54, 1.807) is 0 Å². The van der Waals surface area contributed by atoms with Crippen LogP contribution in [0, 0.1) is 6.92 Å². The second-order valence-corrected chi connectivity index (χ2v) is 7.74. The number of amides is 1. The minimum atomic E-state index is -1.34. The van der Waals surface area contributed by atoms with Crippen LogP contribution in [0.1, 0.15) is 38.3 Å². The highest BCUT2D eigenvalue weighted by Crippen LogP contribution is 2.37. The summed E-state index contributed by atoms with van der Waals surface area (Å²) in [5, 5.41) is 13.8. The number of anilines is 1. The summed E-state index contributed by atoms with van der Waals surface area (Å²) < 4.78 is 14.9. The van der Waals surface area contributed by atoms with Gasteiger partial charge in [-0.15, -0.1) is 0 Å². The summed E-state index contributed by atoms with van der Waals surface area (Å²) in [5.74, 6) is 0.578. The number of aromatic amines is 1. The third-order valence-corrected chi connectivity index (χ3v) is 5.51. The summed E-state index contributed by atoms with van der Waals surface area (Å²) in [5.41, 5.74) is 0.0667. The van der Waals surface area contributed by atoms with Crippen molar-refractivity contribution in [2.24, 2.45) is 0 Å². The normalized spacial score (nSPS) is 24.8. The molecule has 27 heavy (non-hydrogen) atoms. The number of aromatic nitrogens is 4. The van der Waals surface area contributed by atoms with Gasteiger partial charge in [0.1, 0.15) is 17.8 Å². The number of halogens is 1. The van der Waals surface area contributed by atoms with Crippen molar-refractivity contribution in [3.8, 4) is 0 Å². The Kier molecular flexibility index (Phi) is 4.71. The van der Waals surface area contributed by atoms with Gasteiger partial charge in [-0.1, -0.05) is 6.92 Å². The lowest BCUT2D eigenvalue weighted by atomic mass is 9.77. The minimum Gasteiger partial charge on any atom is -0.366 e. The number of rotatable bonds is 8. The van der Waals surface area contributed by atoms with Crippen LogP contribution in [-0.2, 0) is 4.79 Å². The van der Waals surface area contributed by atoms with Crippen LogP contribution >= 0.6 is 0 Å². The molecule has 2 fully saturated rings. The van der Waals surface area contributed by atoms with Gasteiger partial charge < -0.3 is 10.6 Å². The number of aryl methyl sites for hydroxylation is 1. The maximum Gasteiger partial charge on any atom is 0.234 e. The Labute approximate surface area is 157 Å². The van der Waals surface area contributed by atoms with E-state index in [1.165, 1.54) is 19.2 Å². The minimum absolute atomic E-state index is 0.00436. The predicted molar refractivity (Wildman–Crippen MR) is 100 cm³/mol. The van der Waals surface area contributed by atoms with Crippen LogP contribution in [0.25, 0.3) is 11.0 Å². The van der Waals surface area contributed by atoms with Gasteiger partial charge in [-0.2, -0.15) is 5.10 Å². The molecule has 4 rings (SSSR count). The number of H-pyrrole nitrogens is 1. The highest BCUT2D eigenvalue weighted by atomic mass is 19.1.